The van der Waals surface area contributed by atoms with E-state index in [1.54, 1.807) is 11.7 Å². The molecule has 0 spiro atoms. The van der Waals surface area contributed by atoms with Gasteiger partial charge >= 0.3 is 5.97 Å². The molecule has 0 bridgehead atoms. The molecule has 100 valence electrons. The van der Waals surface area contributed by atoms with E-state index in [1.165, 1.54) is 25.5 Å². The summed E-state index contributed by atoms with van der Waals surface area (Å²) < 4.78 is 1.67. The number of nitrogens with zero attached hydrogens (tertiary/aromatic N) is 3. The van der Waals surface area contributed by atoms with Crippen molar-refractivity contribution in [3.63, 3.8) is 0 Å². The Morgan fingerprint density at radius 1 is 1.61 bits per heavy atom. The van der Waals surface area contributed by atoms with E-state index >= 15 is 0 Å². The number of hydrogen-bond donors (Lipinski definition) is 1. The molecule has 0 unspecified atom stereocenters. The molecule has 0 saturated heterocycles. The predicted octanol–water partition coefficient (Wildman–Crippen LogP) is 1.74. The van der Waals surface area contributed by atoms with Crippen molar-refractivity contribution < 1.29 is 9.90 Å². The maximum absolute atomic E-state index is 11.1. The van der Waals surface area contributed by atoms with Crippen molar-refractivity contribution >= 4 is 5.97 Å². The zero-order chi connectivity index (χ0) is 13.1. The second-order valence-corrected chi connectivity index (χ2v) is 5.06. The second-order valence-electron chi connectivity index (χ2n) is 5.06. The molecule has 18 heavy (non-hydrogen) atoms. The summed E-state index contributed by atoms with van der Waals surface area (Å²) in [6, 6.07) is 0. The van der Waals surface area contributed by atoms with Gasteiger partial charge in [-0.05, 0) is 25.3 Å². The maximum Gasteiger partial charge on any atom is 0.339 e. The van der Waals surface area contributed by atoms with Crippen LogP contribution >= 0.6 is 0 Å². The summed E-state index contributed by atoms with van der Waals surface area (Å²) in [7, 11) is 1.80. The fourth-order valence-electron chi connectivity index (χ4n) is 2.39. The monoisotopic (exact) mass is 251 g/mol. The molecule has 0 amide bonds. The van der Waals surface area contributed by atoms with Crippen LogP contribution in [0.3, 0.4) is 0 Å². The van der Waals surface area contributed by atoms with E-state index in [4.69, 9.17) is 5.11 Å². The molecule has 0 aliphatic heterocycles. The molecule has 0 radical (unpaired) electrons. The quantitative estimate of drug-likeness (QED) is 0.836. The zero-order valence-electron chi connectivity index (χ0n) is 11.1. The highest BCUT2D eigenvalue weighted by molar-refractivity contribution is 5.88. The minimum Gasteiger partial charge on any atom is -0.478 e. The van der Waals surface area contributed by atoms with E-state index in [0.29, 0.717) is 12.1 Å². The van der Waals surface area contributed by atoms with Gasteiger partial charge in [-0.2, -0.15) is 5.10 Å². The summed E-state index contributed by atoms with van der Waals surface area (Å²) in [5.41, 5.74) is 1.12. The van der Waals surface area contributed by atoms with Gasteiger partial charge in [0, 0.05) is 20.1 Å². The highest BCUT2D eigenvalue weighted by Crippen LogP contribution is 2.27. The molecule has 1 aromatic rings. The largest absolute Gasteiger partial charge is 0.478 e. The van der Waals surface area contributed by atoms with Gasteiger partial charge in [0.1, 0.15) is 5.56 Å². The average Bonchev–Trinajstić information content (AvgIpc) is 2.63. The number of aryl methyl sites for hydroxylation is 1. The lowest BCUT2D eigenvalue weighted by molar-refractivity contribution is 0.0693. The highest BCUT2D eigenvalue weighted by atomic mass is 16.4. The first-order chi connectivity index (χ1) is 8.61. The summed E-state index contributed by atoms with van der Waals surface area (Å²) in [6.07, 6.45) is 5.41. The number of aromatic carboxylic acids is 1. The normalized spacial score (nSPS) is 15.9. The van der Waals surface area contributed by atoms with Crippen LogP contribution in [-0.4, -0.2) is 38.8 Å². The van der Waals surface area contributed by atoms with E-state index in [1.807, 2.05) is 0 Å². The van der Waals surface area contributed by atoms with Crippen LogP contribution in [0.4, 0.5) is 0 Å². The molecule has 1 N–H and O–H groups in total. The predicted molar refractivity (Wildman–Crippen MR) is 68.5 cm³/mol. The van der Waals surface area contributed by atoms with E-state index in [2.05, 4.69) is 16.9 Å². The Balaban J connectivity index is 2.05. The average molecular weight is 251 g/mol. The van der Waals surface area contributed by atoms with Gasteiger partial charge in [0.05, 0.1) is 11.9 Å². The molecule has 0 aromatic carbocycles. The molecule has 1 aromatic heterocycles. The Kier molecular flexibility index (Phi) is 4.01. The molecule has 5 nitrogen and oxygen atoms in total. The number of carboxylic acid groups (broad SMARTS) is 1. The maximum atomic E-state index is 11.1. The van der Waals surface area contributed by atoms with Crippen LogP contribution in [0.25, 0.3) is 0 Å². The fraction of sp³-hybridized carbons (Fsp3) is 0.692. The van der Waals surface area contributed by atoms with Gasteiger partial charge in [0.25, 0.3) is 0 Å². The number of rotatable bonds is 6. The molecule has 1 saturated carbocycles. The molecule has 1 fully saturated rings. The zero-order valence-corrected chi connectivity index (χ0v) is 11.1. The van der Waals surface area contributed by atoms with Crippen LogP contribution in [0.15, 0.2) is 6.20 Å². The molecule has 1 aliphatic carbocycles. The first-order valence-electron chi connectivity index (χ1n) is 6.58. The summed E-state index contributed by atoms with van der Waals surface area (Å²) in [6.45, 7) is 4.81. The number of aromatic nitrogens is 2. The molecular weight excluding hydrogens is 230 g/mol. The van der Waals surface area contributed by atoms with Crippen molar-refractivity contribution in [3.8, 4) is 0 Å². The third kappa shape index (κ3) is 2.72. The Morgan fingerprint density at radius 3 is 2.83 bits per heavy atom. The third-order valence-electron chi connectivity index (χ3n) is 3.85. The van der Waals surface area contributed by atoms with E-state index in [0.717, 1.165) is 24.7 Å². The molecule has 0 atom stereocenters. The minimum atomic E-state index is -0.891. The summed E-state index contributed by atoms with van der Waals surface area (Å²) in [4.78, 5) is 13.4. The standard InChI is InChI=1S/C13H21N3O2/c1-3-16(8-10-5-4-6-10)9-12-11(13(17)18)7-14-15(12)2/h7,10H,3-6,8-9H2,1-2H3,(H,17,18). The molecule has 1 aliphatic rings. The van der Waals surface area contributed by atoms with Crippen LogP contribution in [-0.2, 0) is 13.6 Å². The Labute approximate surface area is 107 Å². The Bertz CT molecular complexity index is 424. The van der Waals surface area contributed by atoms with Gasteiger partial charge < -0.3 is 5.11 Å². The lowest BCUT2D eigenvalue weighted by atomic mass is 9.85. The molecule has 1 heterocycles. The topological polar surface area (TPSA) is 58.4 Å². The van der Waals surface area contributed by atoms with Crippen molar-refractivity contribution in [1.82, 2.24) is 14.7 Å². The van der Waals surface area contributed by atoms with Gasteiger partial charge in [-0.1, -0.05) is 13.3 Å². The van der Waals surface area contributed by atoms with Crippen LogP contribution < -0.4 is 0 Å². The van der Waals surface area contributed by atoms with Gasteiger partial charge in [-0.3, -0.25) is 9.58 Å². The second kappa shape index (κ2) is 5.52. The summed E-state index contributed by atoms with van der Waals surface area (Å²) in [5, 5.41) is 13.2. The molecule has 2 rings (SSSR count). The Hall–Kier alpha value is -1.36. The van der Waals surface area contributed by atoms with Crippen molar-refractivity contribution in [3.05, 3.63) is 17.5 Å². The van der Waals surface area contributed by atoms with Crippen molar-refractivity contribution in [2.75, 3.05) is 13.1 Å². The fourth-order valence-corrected chi connectivity index (χ4v) is 2.39. The number of hydrogen-bond acceptors (Lipinski definition) is 3. The SMILES string of the molecule is CCN(Cc1c(C(=O)O)cnn1C)CC1CCC1. The van der Waals surface area contributed by atoms with Crippen molar-refractivity contribution in [2.24, 2.45) is 13.0 Å². The van der Waals surface area contributed by atoms with Crippen LogP contribution in [0, 0.1) is 5.92 Å². The number of carbonyl (C=O) groups is 1. The van der Waals surface area contributed by atoms with Gasteiger partial charge in [-0.15, -0.1) is 0 Å². The van der Waals surface area contributed by atoms with Gasteiger partial charge in [-0.25, -0.2) is 4.79 Å². The van der Waals surface area contributed by atoms with Gasteiger partial charge in [0.2, 0.25) is 0 Å². The first-order valence-corrected chi connectivity index (χ1v) is 6.58. The van der Waals surface area contributed by atoms with Gasteiger partial charge in [0.15, 0.2) is 0 Å². The lowest BCUT2D eigenvalue weighted by Crippen LogP contribution is -2.33. The first kappa shape index (κ1) is 13.1. The van der Waals surface area contributed by atoms with Crippen LogP contribution in [0.5, 0.6) is 0 Å². The minimum absolute atomic E-state index is 0.324. The Morgan fingerprint density at radius 2 is 2.33 bits per heavy atom. The third-order valence-corrected chi connectivity index (χ3v) is 3.85. The van der Waals surface area contributed by atoms with E-state index in [9.17, 15) is 4.79 Å². The molecule has 5 heteroatoms. The lowest BCUT2D eigenvalue weighted by Gasteiger charge is -2.31. The molecular formula is C13H21N3O2. The van der Waals surface area contributed by atoms with Crippen LogP contribution in [0.2, 0.25) is 0 Å². The van der Waals surface area contributed by atoms with Crippen LogP contribution in [0.1, 0.15) is 42.2 Å². The summed E-state index contributed by atoms with van der Waals surface area (Å²) in [5.74, 6) is -0.0933. The smallest absolute Gasteiger partial charge is 0.339 e. The van der Waals surface area contributed by atoms with E-state index < -0.39 is 5.97 Å². The summed E-state index contributed by atoms with van der Waals surface area (Å²) >= 11 is 0. The highest BCUT2D eigenvalue weighted by Gasteiger charge is 2.22. The van der Waals surface area contributed by atoms with Crippen molar-refractivity contribution in [1.29, 1.82) is 0 Å². The number of carboxylic acids is 1. The van der Waals surface area contributed by atoms with Crippen molar-refractivity contribution in [2.45, 2.75) is 32.7 Å². The van der Waals surface area contributed by atoms with E-state index in [-0.39, 0.29) is 0 Å².